The van der Waals surface area contributed by atoms with Crippen LogP contribution < -0.4 is 11.5 Å². The summed E-state index contributed by atoms with van der Waals surface area (Å²) in [4.78, 5) is 0. The van der Waals surface area contributed by atoms with Gasteiger partial charge in [-0.1, -0.05) is 0 Å². The molecule has 6 heavy (non-hydrogen) atoms. The second-order valence-corrected chi connectivity index (χ2v) is 0.874. The van der Waals surface area contributed by atoms with E-state index in [0.29, 0.717) is 0 Å². The summed E-state index contributed by atoms with van der Waals surface area (Å²) < 4.78 is 0. The van der Waals surface area contributed by atoms with Gasteiger partial charge < -0.3 is 11.5 Å². The Morgan fingerprint density at radius 2 is 1.17 bits per heavy atom. The summed E-state index contributed by atoms with van der Waals surface area (Å²) in [7, 11) is 0. The van der Waals surface area contributed by atoms with Gasteiger partial charge in [0.25, 0.3) is 0 Å². The molecule has 28 valence electrons. The molecule has 0 aliphatic heterocycles. The van der Waals surface area contributed by atoms with E-state index in [1.54, 1.807) is 0 Å². The van der Waals surface area contributed by atoms with Crippen LogP contribution in [-0.4, -0.2) is 64.2 Å². The summed E-state index contributed by atoms with van der Waals surface area (Å²) in [6.07, 6.45) is 0. The van der Waals surface area contributed by atoms with Gasteiger partial charge in [0.05, 0.1) is 0 Å². The normalized spacial score (nSPS) is 4.00. The molecule has 0 saturated carbocycles. The summed E-state index contributed by atoms with van der Waals surface area (Å²) in [5, 5.41) is 0.000000000000000222. The van der Waals surface area contributed by atoms with E-state index < -0.39 is 0 Å². The molecule has 0 spiro atoms. The summed E-state index contributed by atoms with van der Waals surface area (Å²) in [6.45, 7) is 0. The molecule has 0 amide bonds. The number of rotatable bonds is 0. The average molecular weight is 124 g/mol. The molecule has 4 N–H and O–H groups in total. The molecule has 0 atom stereocenters. The Balaban J connectivity index is -0.0000000450. The van der Waals surface area contributed by atoms with Crippen LogP contribution in [0, 0.1) is 0 Å². The molecule has 0 saturated heterocycles. The molecule has 0 aromatic heterocycles. The van der Waals surface area contributed by atoms with Gasteiger partial charge in [0.1, 0.15) is 0 Å². The number of hydrogen-bond acceptors (Lipinski definition) is 1. The van der Waals surface area contributed by atoms with Gasteiger partial charge in [-0.3, -0.25) is 0 Å². The van der Waals surface area contributed by atoms with Crippen LogP contribution in [0.15, 0.2) is 0 Å². The molecule has 0 radical (unpaired) electrons. The number of nitrogens with two attached hydrogens (primary N) is 2. The van der Waals surface area contributed by atoms with Crippen molar-refractivity contribution < 1.29 is 0 Å². The standard InChI is InChI=1S/CH4N2S.2Na.2H/c2-1(3)4;;;;/h(H4,2,3,4);;;;. The van der Waals surface area contributed by atoms with Crippen LogP contribution >= 0.6 is 12.2 Å². The zero-order valence-corrected chi connectivity index (χ0v) is 2.88. The van der Waals surface area contributed by atoms with Crippen molar-refractivity contribution >= 4 is 76.4 Å². The Morgan fingerprint density at radius 3 is 1.17 bits per heavy atom. The van der Waals surface area contributed by atoms with Gasteiger partial charge in [0, 0.05) is 0 Å². The van der Waals surface area contributed by atoms with Crippen LogP contribution in [-0.2, 0) is 0 Å². The van der Waals surface area contributed by atoms with Crippen molar-refractivity contribution in [2.24, 2.45) is 11.5 Å². The summed E-state index contributed by atoms with van der Waals surface area (Å²) in [5.74, 6) is 0. The van der Waals surface area contributed by atoms with Crippen molar-refractivity contribution in [3.63, 3.8) is 0 Å². The molecule has 5 heteroatoms. The molecule has 0 fully saturated rings. The summed E-state index contributed by atoms with van der Waals surface area (Å²) in [5.41, 5.74) is 9.24. The summed E-state index contributed by atoms with van der Waals surface area (Å²) >= 11 is 4.09. The Bertz CT molecular complexity index is 34.5. The second-order valence-electron chi connectivity index (χ2n) is 0.402. The SMILES string of the molecule is NC(N)=S.[NaH].[NaH]. The van der Waals surface area contributed by atoms with Gasteiger partial charge >= 0.3 is 59.1 Å². The van der Waals surface area contributed by atoms with Crippen LogP contribution in [0.2, 0.25) is 0 Å². The van der Waals surface area contributed by atoms with Crippen molar-refractivity contribution in [1.82, 2.24) is 0 Å². The van der Waals surface area contributed by atoms with Gasteiger partial charge in [0.2, 0.25) is 0 Å². The van der Waals surface area contributed by atoms with E-state index in [1.807, 2.05) is 0 Å². The molecule has 0 rings (SSSR count). The van der Waals surface area contributed by atoms with Crippen molar-refractivity contribution in [3.8, 4) is 0 Å². The molecule has 0 aliphatic rings. The van der Waals surface area contributed by atoms with Gasteiger partial charge in [-0.25, -0.2) is 0 Å². The quantitative estimate of drug-likeness (QED) is 0.287. The molecule has 0 heterocycles. The zero-order valence-electron chi connectivity index (χ0n) is 2.06. The van der Waals surface area contributed by atoms with Crippen LogP contribution in [0.25, 0.3) is 0 Å². The Hall–Kier alpha value is 1.69. The molecule has 0 aromatic carbocycles. The fourth-order valence-corrected chi connectivity index (χ4v) is 0. The van der Waals surface area contributed by atoms with E-state index in [0.717, 1.165) is 0 Å². The predicted molar refractivity (Wildman–Crippen MR) is 35.3 cm³/mol. The molecule has 0 bridgehead atoms. The van der Waals surface area contributed by atoms with Crippen LogP contribution in [0.5, 0.6) is 0 Å². The first-order chi connectivity index (χ1) is 1.73. The fraction of sp³-hybridized carbons (Fsp3) is 0. The van der Waals surface area contributed by atoms with Crippen LogP contribution in [0.1, 0.15) is 0 Å². The van der Waals surface area contributed by atoms with E-state index in [-0.39, 0.29) is 64.2 Å². The molecule has 0 aliphatic carbocycles. The van der Waals surface area contributed by atoms with Crippen LogP contribution in [0.4, 0.5) is 0 Å². The molecule has 0 unspecified atom stereocenters. The first-order valence-corrected chi connectivity index (χ1v) is 1.19. The van der Waals surface area contributed by atoms with E-state index in [2.05, 4.69) is 23.7 Å². The molecule has 2 nitrogen and oxygen atoms in total. The molecular weight excluding hydrogens is 118 g/mol. The van der Waals surface area contributed by atoms with Gasteiger partial charge in [0.15, 0.2) is 5.11 Å². The molecular formula is CH6N2Na2S. The van der Waals surface area contributed by atoms with Crippen LogP contribution in [0.3, 0.4) is 0 Å². The van der Waals surface area contributed by atoms with Gasteiger partial charge in [-0.05, 0) is 12.2 Å². The Labute approximate surface area is 86.6 Å². The van der Waals surface area contributed by atoms with Crippen molar-refractivity contribution in [3.05, 3.63) is 0 Å². The average Bonchev–Trinajstić information content (AvgIpc) is 0.811. The third-order valence-corrected chi connectivity index (χ3v) is 0. The minimum absolute atomic E-state index is 0. The minimum atomic E-state index is 0. The van der Waals surface area contributed by atoms with E-state index in [9.17, 15) is 0 Å². The first-order valence-electron chi connectivity index (χ1n) is 0.781. The van der Waals surface area contributed by atoms with E-state index in [1.165, 1.54) is 0 Å². The van der Waals surface area contributed by atoms with E-state index >= 15 is 0 Å². The maximum absolute atomic E-state index is 4.62. The van der Waals surface area contributed by atoms with E-state index in [4.69, 9.17) is 0 Å². The van der Waals surface area contributed by atoms with Crippen molar-refractivity contribution in [1.29, 1.82) is 0 Å². The number of hydrogen-bond donors (Lipinski definition) is 2. The number of thiocarbonyl (C=S) groups is 1. The second kappa shape index (κ2) is 9.85. The third-order valence-electron chi connectivity index (χ3n) is 0. The monoisotopic (exact) mass is 124 g/mol. The Morgan fingerprint density at radius 1 is 1.17 bits per heavy atom. The third kappa shape index (κ3) is 43.8. The Kier molecular flexibility index (Phi) is 25.7. The van der Waals surface area contributed by atoms with Gasteiger partial charge in [-0.2, -0.15) is 0 Å². The predicted octanol–water partition coefficient (Wildman–Crippen LogP) is -2.11. The zero-order chi connectivity index (χ0) is 3.58. The van der Waals surface area contributed by atoms with Gasteiger partial charge in [-0.15, -0.1) is 0 Å². The van der Waals surface area contributed by atoms with Crippen molar-refractivity contribution in [2.45, 2.75) is 0 Å². The first kappa shape index (κ1) is 15.6. The topological polar surface area (TPSA) is 52.0 Å². The summed E-state index contributed by atoms with van der Waals surface area (Å²) in [6, 6.07) is 0. The fourth-order valence-electron chi connectivity index (χ4n) is 0. The maximum atomic E-state index is 4.62. The van der Waals surface area contributed by atoms with Crippen molar-refractivity contribution in [2.75, 3.05) is 0 Å². The molecule has 0 aromatic rings.